The Hall–Kier alpha value is -3.31. The van der Waals surface area contributed by atoms with E-state index in [1.165, 1.54) is 31.2 Å². The zero-order valence-electron chi connectivity index (χ0n) is 14.0. The number of Topliss-reactive ketones (excluding diaryl/α,β-unsaturated/α-hetero) is 1. The monoisotopic (exact) mass is 393 g/mol. The summed E-state index contributed by atoms with van der Waals surface area (Å²) in [5.74, 6) is -0.742. The Morgan fingerprint density at radius 1 is 1.11 bits per heavy atom. The van der Waals surface area contributed by atoms with Crippen molar-refractivity contribution in [3.05, 3.63) is 52.6 Å². The van der Waals surface area contributed by atoms with Gasteiger partial charge in [0.25, 0.3) is 15.8 Å². The highest BCUT2D eigenvalue weighted by atomic mass is 32.2. The van der Waals surface area contributed by atoms with Crippen LogP contribution in [0.5, 0.6) is 0 Å². The highest BCUT2D eigenvalue weighted by Gasteiger charge is 2.20. The molecule has 0 aliphatic heterocycles. The van der Waals surface area contributed by atoms with Gasteiger partial charge in [0.05, 0.1) is 17.0 Å². The van der Waals surface area contributed by atoms with Gasteiger partial charge in [0.2, 0.25) is 5.91 Å². The van der Waals surface area contributed by atoms with Crippen LogP contribution in [0.3, 0.4) is 0 Å². The Labute approximate surface area is 154 Å². The number of amides is 1. The van der Waals surface area contributed by atoms with Gasteiger partial charge in [-0.25, -0.2) is 0 Å². The molecule has 0 bridgehead atoms. The second kappa shape index (κ2) is 7.93. The summed E-state index contributed by atoms with van der Waals surface area (Å²) in [5, 5.41) is 16.0. The molecule has 0 saturated heterocycles. The molecule has 2 aromatic rings. The molecule has 0 heterocycles. The van der Waals surface area contributed by atoms with Crippen LogP contribution in [0.1, 0.15) is 13.3 Å². The number of non-ortho nitro benzene ring substituents is 1. The molecule has 0 unspecified atom stereocenters. The highest BCUT2D eigenvalue weighted by Crippen LogP contribution is 2.29. The summed E-state index contributed by atoms with van der Waals surface area (Å²) in [5.41, 5.74) is 0.275. The molecule has 10 nitrogen and oxygen atoms in total. The second-order valence-electron chi connectivity index (χ2n) is 5.54. The van der Waals surface area contributed by atoms with Crippen LogP contribution in [0.25, 0.3) is 0 Å². The van der Waals surface area contributed by atoms with Gasteiger partial charge in [-0.2, -0.15) is 8.42 Å². The largest absolute Gasteiger partial charge is 0.354 e. The number of carbonyl (C=O) groups is 2. The molecular formula is C16H15N3O7S. The summed E-state index contributed by atoms with van der Waals surface area (Å²) in [6.45, 7) is 1.30. The molecule has 0 spiro atoms. The molecule has 0 radical (unpaired) electrons. The maximum absolute atomic E-state index is 11.5. The van der Waals surface area contributed by atoms with E-state index < -0.39 is 31.5 Å². The fourth-order valence-corrected chi connectivity index (χ4v) is 2.83. The van der Waals surface area contributed by atoms with E-state index in [0.717, 1.165) is 18.2 Å². The molecule has 27 heavy (non-hydrogen) atoms. The summed E-state index contributed by atoms with van der Waals surface area (Å²) in [6.07, 6.45) is -0.249. The Kier molecular flexibility index (Phi) is 5.88. The third-order valence-corrected chi connectivity index (χ3v) is 4.20. The first kappa shape index (κ1) is 20.0. The molecule has 0 atom stereocenters. The quantitative estimate of drug-likeness (QED) is 0.280. The summed E-state index contributed by atoms with van der Waals surface area (Å²) >= 11 is 0. The minimum Gasteiger partial charge on any atom is -0.354 e. The van der Waals surface area contributed by atoms with Crippen molar-refractivity contribution < 1.29 is 27.5 Å². The van der Waals surface area contributed by atoms with Gasteiger partial charge in [0.15, 0.2) is 0 Å². The summed E-state index contributed by atoms with van der Waals surface area (Å²) < 4.78 is 32.3. The van der Waals surface area contributed by atoms with Crippen LogP contribution in [0.2, 0.25) is 0 Å². The lowest BCUT2D eigenvalue weighted by Crippen LogP contribution is -2.14. The van der Waals surface area contributed by atoms with Crippen LogP contribution in [0, 0.1) is 10.1 Å². The van der Waals surface area contributed by atoms with Crippen molar-refractivity contribution in [3.63, 3.8) is 0 Å². The third-order valence-electron chi connectivity index (χ3n) is 3.31. The van der Waals surface area contributed by atoms with Crippen molar-refractivity contribution in [3.8, 4) is 0 Å². The van der Waals surface area contributed by atoms with Crippen molar-refractivity contribution in [1.82, 2.24) is 0 Å². The van der Waals surface area contributed by atoms with Crippen LogP contribution in [0.4, 0.5) is 22.7 Å². The molecule has 0 aromatic heterocycles. The highest BCUT2D eigenvalue weighted by molar-refractivity contribution is 7.86. The normalized spacial score (nSPS) is 10.9. The zero-order chi connectivity index (χ0) is 20.2. The number of nitrogens with one attached hydrogen (secondary N) is 2. The Morgan fingerprint density at radius 2 is 1.70 bits per heavy atom. The van der Waals surface area contributed by atoms with Gasteiger partial charge in [-0.1, -0.05) is 0 Å². The molecule has 0 aliphatic rings. The van der Waals surface area contributed by atoms with Crippen molar-refractivity contribution >= 4 is 44.6 Å². The average Bonchev–Trinajstić information content (AvgIpc) is 2.55. The molecule has 1 amide bonds. The topological polar surface area (TPSA) is 156 Å². The molecular weight excluding hydrogens is 378 g/mol. The first-order valence-electron chi connectivity index (χ1n) is 7.48. The van der Waals surface area contributed by atoms with Gasteiger partial charge in [-0.15, -0.1) is 0 Å². The molecule has 3 N–H and O–H groups in total. The molecule has 11 heteroatoms. The van der Waals surface area contributed by atoms with Crippen LogP contribution in [-0.4, -0.2) is 29.6 Å². The van der Waals surface area contributed by atoms with Crippen LogP contribution in [0.15, 0.2) is 47.4 Å². The van der Waals surface area contributed by atoms with Gasteiger partial charge < -0.3 is 10.6 Å². The van der Waals surface area contributed by atoms with Gasteiger partial charge in [0.1, 0.15) is 10.7 Å². The van der Waals surface area contributed by atoms with Gasteiger partial charge >= 0.3 is 0 Å². The smallest absolute Gasteiger partial charge is 0.296 e. The Bertz CT molecular complexity index is 1000. The number of anilines is 3. The number of rotatable bonds is 7. The molecule has 2 rings (SSSR count). The number of hydrogen-bond donors (Lipinski definition) is 3. The van der Waals surface area contributed by atoms with E-state index in [-0.39, 0.29) is 17.9 Å². The lowest BCUT2D eigenvalue weighted by atomic mass is 10.2. The number of hydrogen-bond acceptors (Lipinski definition) is 7. The zero-order valence-corrected chi connectivity index (χ0v) is 14.8. The molecule has 0 saturated carbocycles. The van der Waals surface area contributed by atoms with Crippen LogP contribution in [-0.2, 0) is 19.7 Å². The minimum absolute atomic E-state index is 0.0588. The van der Waals surface area contributed by atoms with Gasteiger partial charge in [0, 0.05) is 23.5 Å². The van der Waals surface area contributed by atoms with E-state index in [2.05, 4.69) is 10.6 Å². The minimum atomic E-state index is -4.70. The lowest BCUT2D eigenvalue weighted by molar-refractivity contribution is -0.385. The van der Waals surface area contributed by atoms with E-state index in [1.807, 2.05) is 0 Å². The van der Waals surface area contributed by atoms with Crippen molar-refractivity contribution in [1.29, 1.82) is 0 Å². The second-order valence-corrected chi connectivity index (χ2v) is 6.93. The number of nitro groups is 1. The number of nitrogens with zero attached hydrogens (tertiary/aromatic N) is 1. The Balaban J connectivity index is 2.23. The predicted octanol–water partition coefficient (Wildman–Crippen LogP) is 2.50. The number of nitro benzene ring substituents is 1. The summed E-state index contributed by atoms with van der Waals surface area (Å²) in [6, 6.07) is 9.04. The van der Waals surface area contributed by atoms with E-state index >= 15 is 0 Å². The lowest BCUT2D eigenvalue weighted by Gasteiger charge is -2.11. The fourth-order valence-electron chi connectivity index (χ4n) is 2.16. The van der Waals surface area contributed by atoms with Crippen molar-refractivity contribution in [2.45, 2.75) is 18.2 Å². The van der Waals surface area contributed by atoms with Crippen molar-refractivity contribution in [2.24, 2.45) is 0 Å². The maximum atomic E-state index is 11.5. The molecule has 0 fully saturated rings. The molecule has 142 valence electrons. The molecule has 2 aromatic carbocycles. The standard InChI is InChI=1S/C16H15N3O7S/c1-10(20)8-16(21)18-12-4-2-11(3-5-12)17-14-7-6-13(19(22)23)9-15(14)27(24,25)26/h2-7,9,17H,8H2,1H3,(H,18,21)(H,24,25,26). The van der Waals surface area contributed by atoms with Gasteiger partial charge in [-0.3, -0.25) is 24.3 Å². The van der Waals surface area contributed by atoms with E-state index in [9.17, 15) is 32.7 Å². The SMILES string of the molecule is CC(=O)CC(=O)Nc1ccc(Nc2ccc([N+](=O)[O-])cc2S(=O)(=O)O)cc1. The number of ketones is 1. The first-order chi connectivity index (χ1) is 12.6. The third kappa shape index (κ3) is 5.59. The number of carbonyl (C=O) groups excluding carboxylic acids is 2. The van der Waals surface area contributed by atoms with E-state index in [1.54, 1.807) is 0 Å². The number of benzene rings is 2. The van der Waals surface area contributed by atoms with E-state index in [0.29, 0.717) is 11.4 Å². The summed E-state index contributed by atoms with van der Waals surface area (Å²) in [4.78, 5) is 31.8. The maximum Gasteiger partial charge on any atom is 0.296 e. The van der Waals surface area contributed by atoms with Crippen molar-refractivity contribution in [2.75, 3.05) is 10.6 Å². The fraction of sp³-hybridized carbons (Fsp3) is 0.125. The average molecular weight is 393 g/mol. The van der Waals surface area contributed by atoms with E-state index in [4.69, 9.17) is 0 Å². The Morgan fingerprint density at radius 3 is 2.22 bits per heavy atom. The summed E-state index contributed by atoms with van der Waals surface area (Å²) in [7, 11) is -4.70. The van der Waals surface area contributed by atoms with Gasteiger partial charge in [-0.05, 0) is 37.3 Å². The molecule has 0 aliphatic carbocycles. The van der Waals surface area contributed by atoms with Crippen LogP contribution < -0.4 is 10.6 Å². The predicted molar refractivity (Wildman–Crippen MR) is 96.6 cm³/mol. The van der Waals surface area contributed by atoms with Crippen LogP contribution >= 0.6 is 0 Å². The first-order valence-corrected chi connectivity index (χ1v) is 8.92.